The summed E-state index contributed by atoms with van der Waals surface area (Å²) in [6.07, 6.45) is 6.61. The molecule has 0 unspecified atom stereocenters. The number of nitrogens with one attached hydrogen (secondary N) is 1. The molecule has 3 aromatic heterocycles. The summed E-state index contributed by atoms with van der Waals surface area (Å²) in [4.78, 5) is 16.3. The molecule has 1 N–H and O–H groups in total. The summed E-state index contributed by atoms with van der Waals surface area (Å²) in [7, 11) is 0. The van der Waals surface area contributed by atoms with Crippen LogP contribution in [0, 0.1) is 0 Å². The van der Waals surface area contributed by atoms with Crippen LogP contribution in [-0.4, -0.2) is 25.5 Å². The molecule has 0 saturated heterocycles. The first-order valence-electron chi connectivity index (χ1n) is 6.80. The van der Waals surface area contributed by atoms with Crippen molar-refractivity contribution in [2.45, 2.75) is 25.7 Å². The molecule has 1 atom stereocenters. The Morgan fingerprint density at radius 1 is 1.52 bits per heavy atom. The lowest BCUT2D eigenvalue weighted by Crippen LogP contribution is -2.15. The van der Waals surface area contributed by atoms with Gasteiger partial charge in [-0.15, -0.1) is 10.2 Å². The minimum absolute atomic E-state index is 0.172. The number of hydrogen-bond donors (Lipinski definition) is 1. The van der Waals surface area contributed by atoms with Crippen LogP contribution in [0.25, 0.3) is 5.65 Å². The van der Waals surface area contributed by atoms with Crippen molar-refractivity contribution in [2.75, 3.05) is 5.32 Å². The fraction of sp³-hybridized carbons (Fsp3) is 0.286. The molecule has 3 aromatic rings. The van der Waals surface area contributed by atoms with Crippen molar-refractivity contribution in [1.82, 2.24) is 19.6 Å². The molecule has 0 bridgehead atoms. The predicted octanol–water partition coefficient (Wildman–Crippen LogP) is 2.02. The van der Waals surface area contributed by atoms with Gasteiger partial charge < -0.3 is 4.42 Å². The second-order valence-electron chi connectivity index (χ2n) is 5.22. The lowest BCUT2D eigenvalue weighted by atomic mass is 10.0. The first-order chi connectivity index (χ1) is 10.2. The minimum atomic E-state index is -0.294. The van der Waals surface area contributed by atoms with Crippen molar-refractivity contribution < 1.29 is 9.21 Å². The molecule has 1 aliphatic carbocycles. The van der Waals surface area contributed by atoms with Gasteiger partial charge >= 0.3 is 6.01 Å². The van der Waals surface area contributed by atoms with E-state index in [0.29, 0.717) is 17.1 Å². The Morgan fingerprint density at radius 3 is 3.24 bits per heavy atom. The van der Waals surface area contributed by atoms with E-state index < -0.39 is 0 Å². The third kappa shape index (κ3) is 1.81. The number of aryl methyl sites for hydroxylation is 1. The molecule has 0 aliphatic heterocycles. The number of hydrogen-bond acceptors (Lipinski definition) is 5. The molecule has 1 aliphatic rings. The van der Waals surface area contributed by atoms with Crippen LogP contribution < -0.4 is 5.32 Å². The van der Waals surface area contributed by atoms with E-state index in [1.54, 1.807) is 6.33 Å². The van der Waals surface area contributed by atoms with Crippen LogP contribution in [0.5, 0.6) is 0 Å². The molecule has 4 rings (SSSR count). The number of amides is 1. The molecular weight excluding hydrogens is 270 g/mol. The molecule has 0 aromatic carbocycles. The van der Waals surface area contributed by atoms with Crippen LogP contribution in [0.15, 0.2) is 29.3 Å². The number of fused-ring (bicyclic) bond motifs is 3. The zero-order valence-electron chi connectivity index (χ0n) is 11.4. The normalized spacial score (nSPS) is 17.1. The second-order valence-corrected chi connectivity index (χ2v) is 5.22. The number of nitrogens with zero attached hydrogens (tertiary/aromatic N) is 4. The van der Waals surface area contributed by atoms with E-state index >= 15 is 0 Å². The molecular formula is C14H13N5O2. The van der Waals surface area contributed by atoms with Gasteiger partial charge in [0.15, 0.2) is 5.65 Å². The van der Waals surface area contributed by atoms with Crippen LogP contribution in [0.4, 0.5) is 6.01 Å². The third-order valence-corrected chi connectivity index (χ3v) is 3.95. The second kappa shape index (κ2) is 4.41. The predicted molar refractivity (Wildman–Crippen MR) is 74.2 cm³/mol. The van der Waals surface area contributed by atoms with Gasteiger partial charge in [0, 0.05) is 5.69 Å². The maximum atomic E-state index is 12.4. The minimum Gasteiger partial charge on any atom is -0.432 e. The fourth-order valence-corrected chi connectivity index (χ4v) is 2.88. The molecule has 3 heterocycles. The Kier molecular flexibility index (Phi) is 2.53. The van der Waals surface area contributed by atoms with Crippen LogP contribution >= 0.6 is 0 Å². The summed E-state index contributed by atoms with van der Waals surface area (Å²) in [5.41, 5.74) is 3.42. The molecule has 7 nitrogen and oxygen atoms in total. The average molecular weight is 283 g/mol. The lowest BCUT2D eigenvalue weighted by Gasteiger charge is -2.10. The first-order valence-corrected chi connectivity index (χ1v) is 6.80. The first kappa shape index (κ1) is 12.1. The molecule has 21 heavy (non-hydrogen) atoms. The van der Waals surface area contributed by atoms with Crippen LogP contribution in [-0.2, 0) is 6.42 Å². The van der Waals surface area contributed by atoms with Crippen LogP contribution in [0.3, 0.4) is 0 Å². The van der Waals surface area contributed by atoms with Crippen molar-refractivity contribution >= 4 is 17.6 Å². The quantitative estimate of drug-likeness (QED) is 0.777. The van der Waals surface area contributed by atoms with E-state index in [4.69, 9.17) is 4.42 Å². The van der Waals surface area contributed by atoms with Crippen molar-refractivity contribution in [1.29, 1.82) is 0 Å². The highest BCUT2D eigenvalue weighted by Gasteiger charge is 2.26. The number of oxazole rings is 1. The zero-order chi connectivity index (χ0) is 14.4. The Morgan fingerprint density at radius 2 is 2.43 bits per heavy atom. The molecule has 1 amide bonds. The lowest BCUT2D eigenvalue weighted by molar-refractivity contribution is 0.102. The van der Waals surface area contributed by atoms with Crippen molar-refractivity contribution in [3.8, 4) is 0 Å². The van der Waals surface area contributed by atoms with Crippen molar-refractivity contribution in [2.24, 2.45) is 0 Å². The van der Waals surface area contributed by atoms with Gasteiger partial charge in [0.1, 0.15) is 12.6 Å². The Bertz CT molecular complexity index is 821. The van der Waals surface area contributed by atoms with Gasteiger partial charge in [0.25, 0.3) is 5.91 Å². The SMILES string of the molecule is C[C@H]1CCc2c1cc(C(=O)Nc1ncco1)c1nncn21. The molecule has 106 valence electrons. The van der Waals surface area contributed by atoms with Gasteiger partial charge in [-0.2, -0.15) is 0 Å². The largest absolute Gasteiger partial charge is 0.432 e. The smallest absolute Gasteiger partial charge is 0.301 e. The maximum Gasteiger partial charge on any atom is 0.301 e. The van der Waals surface area contributed by atoms with E-state index in [-0.39, 0.29) is 11.9 Å². The summed E-state index contributed by atoms with van der Waals surface area (Å²) >= 11 is 0. The summed E-state index contributed by atoms with van der Waals surface area (Å²) in [6, 6.07) is 2.08. The van der Waals surface area contributed by atoms with E-state index in [2.05, 4.69) is 27.4 Å². The van der Waals surface area contributed by atoms with Crippen LogP contribution in [0.2, 0.25) is 0 Å². The number of aromatic nitrogens is 4. The number of anilines is 1. The highest BCUT2D eigenvalue weighted by molar-refractivity contribution is 6.07. The Hall–Kier alpha value is -2.70. The van der Waals surface area contributed by atoms with Crippen molar-refractivity contribution in [3.63, 3.8) is 0 Å². The summed E-state index contributed by atoms with van der Waals surface area (Å²) < 4.78 is 6.95. The zero-order valence-corrected chi connectivity index (χ0v) is 11.4. The number of carbonyl (C=O) groups excluding carboxylic acids is 1. The fourth-order valence-electron chi connectivity index (χ4n) is 2.88. The van der Waals surface area contributed by atoms with E-state index in [1.165, 1.54) is 23.7 Å². The molecule has 0 radical (unpaired) electrons. The number of rotatable bonds is 2. The van der Waals surface area contributed by atoms with E-state index in [9.17, 15) is 4.79 Å². The number of carbonyl (C=O) groups is 1. The van der Waals surface area contributed by atoms with Crippen LogP contribution in [0.1, 0.15) is 40.9 Å². The van der Waals surface area contributed by atoms with Crippen molar-refractivity contribution in [3.05, 3.63) is 41.7 Å². The topological polar surface area (TPSA) is 85.3 Å². The van der Waals surface area contributed by atoms with Gasteiger partial charge in [0.05, 0.1) is 11.8 Å². The van der Waals surface area contributed by atoms with Gasteiger partial charge in [-0.25, -0.2) is 4.98 Å². The number of pyridine rings is 1. The molecule has 0 saturated carbocycles. The maximum absolute atomic E-state index is 12.4. The van der Waals surface area contributed by atoms with Gasteiger partial charge in [-0.05, 0) is 30.4 Å². The van der Waals surface area contributed by atoms with Gasteiger partial charge in [0.2, 0.25) is 0 Å². The van der Waals surface area contributed by atoms with Gasteiger partial charge in [-0.1, -0.05) is 6.92 Å². The summed E-state index contributed by atoms with van der Waals surface area (Å²) in [5, 5.41) is 10.6. The monoisotopic (exact) mass is 283 g/mol. The summed E-state index contributed by atoms with van der Waals surface area (Å²) in [5.74, 6) is 0.137. The highest BCUT2D eigenvalue weighted by atomic mass is 16.4. The van der Waals surface area contributed by atoms with E-state index in [1.807, 2.05) is 10.5 Å². The van der Waals surface area contributed by atoms with E-state index in [0.717, 1.165) is 12.8 Å². The third-order valence-electron chi connectivity index (χ3n) is 3.95. The summed E-state index contributed by atoms with van der Waals surface area (Å²) in [6.45, 7) is 2.16. The molecule has 0 fully saturated rings. The van der Waals surface area contributed by atoms with Gasteiger partial charge in [-0.3, -0.25) is 14.5 Å². The Labute approximate surface area is 120 Å². The molecule has 7 heteroatoms. The average Bonchev–Trinajstić information content (AvgIpc) is 3.18. The standard InChI is InChI=1S/C14H13N5O2/c1-8-2-3-11-9(8)6-10(12-18-16-7-19(11)12)13(20)17-14-15-4-5-21-14/h4-8H,2-3H2,1H3,(H,15,17,20)/t8-/m0/s1. The highest BCUT2D eigenvalue weighted by Crippen LogP contribution is 2.34. The molecule has 0 spiro atoms. The Balaban J connectivity index is 1.83.